The number of methoxy groups -OCH3 is 2. The Morgan fingerprint density at radius 2 is 1.90 bits per heavy atom. The minimum absolute atomic E-state index is 0.223. The molecular weight excluding hydrogens is 394 g/mol. The predicted octanol–water partition coefficient (Wildman–Crippen LogP) is 4.37. The zero-order valence-electron chi connectivity index (χ0n) is 17.7. The number of rotatable bonds is 5. The fourth-order valence-corrected chi connectivity index (χ4v) is 3.86. The number of nitrogens with zero attached hydrogens (tertiary/aromatic N) is 3. The van der Waals surface area contributed by atoms with E-state index < -0.39 is 6.23 Å². The van der Waals surface area contributed by atoms with E-state index in [1.54, 1.807) is 20.3 Å². The Kier molecular flexibility index (Phi) is 4.73. The Morgan fingerprint density at radius 3 is 2.61 bits per heavy atom. The first-order valence-corrected chi connectivity index (χ1v) is 10.3. The lowest BCUT2D eigenvalue weighted by atomic mass is 10.1. The van der Waals surface area contributed by atoms with Crippen LogP contribution in [0.5, 0.6) is 11.5 Å². The summed E-state index contributed by atoms with van der Waals surface area (Å²) in [6, 6.07) is 15.4. The molecule has 3 aromatic rings. The third-order valence-electron chi connectivity index (χ3n) is 5.64. The van der Waals surface area contributed by atoms with Gasteiger partial charge in [-0.05, 0) is 37.1 Å². The van der Waals surface area contributed by atoms with Crippen LogP contribution in [0.1, 0.15) is 48.7 Å². The van der Waals surface area contributed by atoms with E-state index >= 15 is 0 Å². The van der Waals surface area contributed by atoms with Gasteiger partial charge in [0.15, 0.2) is 0 Å². The first-order chi connectivity index (χ1) is 15.1. The van der Waals surface area contributed by atoms with Gasteiger partial charge in [0, 0.05) is 35.6 Å². The average molecular weight is 417 g/mol. The van der Waals surface area contributed by atoms with Crippen LogP contribution in [0, 0.1) is 0 Å². The zero-order chi connectivity index (χ0) is 21.5. The number of fused-ring (bicyclic) bond motifs is 1. The molecule has 1 aromatic heterocycles. The van der Waals surface area contributed by atoms with E-state index in [9.17, 15) is 4.79 Å². The highest BCUT2D eigenvalue weighted by atomic mass is 16.5. The van der Waals surface area contributed by atoms with Gasteiger partial charge in [-0.3, -0.25) is 9.78 Å². The molecule has 2 aromatic carbocycles. The summed E-state index contributed by atoms with van der Waals surface area (Å²) in [7, 11) is 3.17. The molecule has 0 saturated heterocycles. The standard InChI is InChI=1S/C24H23N3O4/c1-14(28)27-24(18-11-10-16(29-2)12-22(18)30-3)31-23(26-27)19-13-21(15-8-9-15)25-20-7-5-4-6-17(19)20/h4-7,10-13,15,24H,8-9H2,1-3H3. The minimum atomic E-state index is -0.732. The van der Waals surface area contributed by atoms with E-state index in [0.717, 1.165) is 35.0 Å². The fraction of sp³-hybridized carbons (Fsp3) is 0.292. The molecule has 7 heteroatoms. The van der Waals surface area contributed by atoms with Crippen molar-refractivity contribution in [2.45, 2.75) is 31.9 Å². The van der Waals surface area contributed by atoms with Crippen LogP contribution in [0.3, 0.4) is 0 Å². The third-order valence-corrected chi connectivity index (χ3v) is 5.64. The molecule has 5 rings (SSSR count). The van der Waals surface area contributed by atoms with Crippen LogP contribution in [-0.4, -0.2) is 36.0 Å². The summed E-state index contributed by atoms with van der Waals surface area (Å²) in [5.74, 6) is 1.87. The second kappa shape index (κ2) is 7.58. The van der Waals surface area contributed by atoms with Crippen molar-refractivity contribution in [3.8, 4) is 11.5 Å². The normalized spacial score (nSPS) is 18.0. The molecule has 1 fully saturated rings. The smallest absolute Gasteiger partial charge is 0.243 e. The molecule has 1 aliphatic carbocycles. The molecule has 0 radical (unpaired) electrons. The first kappa shape index (κ1) is 19.4. The highest BCUT2D eigenvalue weighted by molar-refractivity contribution is 6.07. The summed E-state index contributed by atoms with van der Waals surface area (Å²) in [5, 5.41) is 6.86. The van der Waals surface area contributed by atoms with Crippen molar-refractivity contribution in [3.63, 3.8) is 0 Å². The van der Waals surface area contributed by atoms with Gasteiger partial charge in [0.2, 0.25) is 18.0 Å². The molecule has 0 bridgehead atoms. The summed E-state index contributed by atoms with van der Waals surface area (Å²) in [6.45, 7) is 1.47. The maximum absolute atomic E-state index is 12.4. The van der Waals surface area contributed by atoms with Crippen LogP contribution in [0.4, 0.5) is 0 Å². The number of amides is 1. The monoisotopic (exact) mass is 417 g/mol. The van der Waals surface area contributed by atoms with Crippen LogP contribution >= 0.6 is 0 Å². The molecule has 1 atom stereocenters. The first-order valence-electron chi connectivity index (χ1n) is 10.3. The van der Waals surface area contributed by atoms with Crippen LogP contribution in [0.15, 0.2) is 53.6 Å². The Bertz CT molecular complexity index is 1200. The van der Waals surface area contributed by atoms with Gasteiger partial charge >= 0.3 is 0 Å². The quantitative estimate of drug-likeness (QED) is 0.616. The van der Waals surface area contributed by atoms with Crippen LogP contribution in [0.2, 0.25) is 0 Å². The molecule has 0 spiro atoms. The van der Waals surface area contributed by atoms with Crippen molar-refractivity contribution < 1.29 is 19.0 Å². The van der Waals surface area contributed by atoms with Gasteiger partial charge < -0.3 is 14.2 Å². The van der Waals surface area contributed by atoms with E-state index in [1.165, 1.54) is 11.9 Å². The number of hydrazone groups is 1. The molecule has 1 unspecified atom stereocenters. The zero-order valence-corrected chi connectivity index (χ0v) is 17.7. The Labute approximate surface area is 180 Å². The number of carbonyl (C=O) groups is 1. The molecule has 2 heterocycles. The Balaban J connectivity index is 1.60. The van der Waals surface area contributed by atoms with Crippen LogP contribution in [0.25, 0.3) is 10.9 Å². The van der Waals surface area contributed by atoms with E-state index in [0.29, 0.717) is 28.9 Å². The van der Waals surface area contributed by atoms with Gasteiger partial charge in [-0.15, -0.1) is 5.10 Å². The lowest BCUT2D eigenvalue weighted by Crippen LogP contribution is -2.25. The molecule has 7 nitrogen and oxygen atoms in total. The Morgan fingerprint density at radius 1 is 1.10 bits per heavy atom. The third kappa shape index (κ3) is 3.46. The summed E-state index contributed by atoms with van der Waals surface area (Å²) in [4.78, 5) is 17.3. The summed E-state index contributed by atoms with van der Waals surface area (Å²) < 4.78 is 17.1. The summed E-state index contributed by atoms with van der Waals surface area (Å²) in [5.41, 5.74) is 3.47. The number of aromatic nitrogens is 1. The molecule has 158 valence electrons. The van der Waals surface area contributed by atoms with E-state index in [1.807, 2.05) is 42.5 Å². The van der Waals surface area contributed by atoms with Crippen LogP contribution < -0.4 is 9.47 Å². The highest BCUT2D eigenvalue weighted by Gasteiger charge is 2.36. The van der Waals surface area contributed by atoms with Crippen LogP contribution in [-0.2, 0) is 9.53 Å². The highest BCUT2D eigenvalue weighted by Crippen LogP contribution is 2.42. The van der Waals surface area contributed by atoms with Crippen molar-refractivity contribution in [2.24, 2.45) is 5.10 Å². The molecule has 1 amide bonds. The lowest BCUT2D eigenvalue weighted by molar-refractivity contribution is -0.135. The second-order valence-corrected chi connectivity index (χ2v) is 7.73. The topological polar surface area (TPSA) is 73.3 Å². The van der Waals surface area contributed by atoms with E-state index in [2.05, 4.69) is 5.10 Å². The largest absolute Gasteiger partial charge is 0.497 e. The minimum Gasteiger partial charge on any atom is -0.497 e. The van der Waals surface area contributed by atoms with Gasteiger partial charge in [-0.2, -0.15) is 5.01 Å². The van der Waals surface area contributed by atoms with E-state index in [-0.39, 0.29) is 5.91 Å². The van der Waals surface area contributed by atoms with Gasteiger partial charge in [0.05, 0.1) is 25.3 Å². The Hall–Kier alpha value is -3.61. The molecular formula is C24H23N3O4. The van der Waals surface area contributed by atoms with Crippen molar-refractivity contribution in [1.82, 2.24) is 9.99 Å². The van der Waals surface area contributed by atoms with Gasteiger partial charge in [0.25, 0.3) is 0 Å². The number of para-hydroxylation sites is 1. The molecule has 1 aliphatic heterocycles. The number of carbonyl (C=O) groups excluding carboxylic acids is 1. The molecule has 2 aliphatic rings. The van der Waals surface area contributed by atoms with Gasteiger partial charge in [-0.1, -0.05) is 18.2 Å². The maximum Gasteiger partial charge on any atom is 0.243 e. The molecule has 31 heavy (non-hydrogen) atoms. The fourth-order valence-electron chi connectivity index (χ4n) is 3.86. The average Bonchev–Trinajstić information content (AvgIpc) is 3.56. The van der Waals surface area contributed by atoms with Crippen molar-refractivity contribution >= 4 is 22.7 Å². The number of benzene rings is 2. The van der Waals surface area contributed by atoms with E-state index in [4.69, 9.17) is 19.2 Å². The summed E-state index contributed by atoms with van der Waals surface area (Å²) >= 11 is 0. The molecule has 1 saturated carbocycles. The van der Waals surface area contributed by atoms with Crippen molar-refractivity contribution in [2.75, 3.05) is 14.2 Å². The SMILES string of the molecule is COc1ccc(C2OC(c3cc(C4CC4)nc4ccccc34)=NN2C(C)=O)c(OC)c1. The van der Waals surface area contributed by atoms with Crippen molar-refractivity contribution in [3.05, 3.63) is 65.4 Å². The summed E-state index contributed by atoms with van der Waals surface area (Å²) in [6.07, 6.45) is 1.55. The number of pyridine rings is 1. The van der Waals surface area contributed by atoms with Crippen molar-refractivity contribution in [1.29, 1.82) is 0 Å². The molecule has 0 N–H and O–H groups in total. The maximum atomic E-state index is 12.4. The number of hydrogen-bond donors (Lipinski definition) is 0. The van der Waals surface area contributed by atoms with Gasteiger partial charge in [-0.25, -0.2) is 0 Å². The van der Waals surface area contributed by atoms with Gasteiger partial charge in [0.1, 0.15) is 11.5 Å². The number of hydrogen-bond acceptors (Lipinski definition) is 6. The number of ether oxygens (including phenoxy) is 3. The second-order valence-electron chi connectivity index (χ2n) is 7.73. The predicted molar refractivity (Wildman–Crippen MR) is 116 cm³/mol. The lowest BCUT2D eigenvalue weighted by Gasteiger charge is -2.21.